The highest BCUT2D eigenvalue weighted by Gasteiger charge is 2.21. The van der Waals surface area contributed by atoms with Crippen molar-refractivity contribution in [3.8, 4) is 10.6 Å². The fourth-order valence-corrected chi connectivity index (χ4v) is 3.55. The zero-order valence-corrected chi connectivity index (χ0v) is 15.2. The molecule has 0 spiro atoms. The maximum atomic E-state index is 5.55. The van der Waals surface area contributed by atoms with Gasteiger partial charge in [-0.1, -0.05) is 11.3 Å². The highest BCUT2D eigenvalue weighted by Crippen LogP contribution is 2.35. The predicted molar refractivity (Wildman–Crippen MR) is 101 cm³/mol. The van der Waals surface area contributed by atoms with Crippen molar-refractivity contribution < 1.29 is 8.83 Å². The minimum absolute atomic E-state index is 0.463. The van der Waals surface area contributed by atoms with Gasteiger partial charge in [-0.05, 0) is 32.0 Å². The molecule has 8 heteroatoms. The molecule has 0 aliphatic heterocycles. The third kappa shape index (κ3) is 3.06. The van der Waals surface area contributed by atoms with Crippen LogP contribution in [0.15, 0.2) is 57.9 Å². The maximum absolute atomic E-state index is 5.55. The molecule has 0 fully saturated rings. The largest absolute Gasteiger partial charge is 0.448 e. The summed E-state index contributed by atoms with van der Waals surface area (Å²) in [5.41, 5.74) is 1.73. The molecule has 4 aromatic rings. The number of anilines is 4. The third-order valence-electron chi connectivity index (χ3n) is 3.65. The normalized spacial score (nSPS) is 10.8. The zero-order valence-electron chi connectivity index (χ0n) is 14.3. The number of rotatable bonds is 6. The number of thiazole rings is 1. The summed E-state index contributed by atoms with van der Waals surface area (Å²) in [7, 11) is 0. The number of aryl methyl sites for hydroxylation is 1. The fraction of sp³-hybridized carbons (Fsp3) is 0.167. The number of hydrogen-bond acceptors (Lipinski definition) is 8. The Morgan fingerprint density at radius 3 is 2.42 bits per heavy atom. The van der Waals surface area contributed by atoms with Crippen LogP contribution in [0.5, 0.6) is 0 Å². The number of nitrogens with zero attached hydrogens (tertiary/aromatic N) is 4. The van der Waals surface area contributed by atoms with E-state index in [0.717, 1.165) is 27.9 Å². The van der Waals surface area contributed by atoms with Gasteiger partial charge < -0.3 is 14.2 Å². The average molecular weight is 367 g/mol. The van der Waals surface area contributed by atoms with Gasteiger partial charge in [0.25, 0.3) is 0 Å². The molecule has 4 heterocycles. The molecule has 7 nitrogen and oxygen atoms in total. The van der Waals surface area contributed by atoms with Crippen LogP contribution in [0.25, 0.3) is 10.6 Å². The van der Waals surface area contributed by atoms with Gasteiger partial charge in [0.05, 0.1) is 28.8 Å². The Labute approximate surface area is 154 Å². The monoisotopic (exact) mass is 367 g/mol. The number of aromatic nitrogens is 3. The molecule has 4 aromatic heterocycles. The molecular formula is C18H17N5O2S. The van der Waals surface area contributed by atoms with Crippen LogP contribution in [0.3, 0.4) is 0 Å². The van der Waals surface area contributed by atoms with Crippen LogP contribution in [0.4, 0.5) is 22.8 Å². The maximum Gasteiger partial charge on any atom is 0.240 e. The van der Waals surface area contributed by atoms with Gasteiger partial charge >= 0.3 is 0 Å². The lowest BCUT2D eigenvalue weighted by atomic mass is 10.3. The number of furan rings is 2. The summed E-state index contributed by atoms with van der Waals surface area (Å²) in [6.45, 7) is 4.85. The summed E-state index contributed by atoms with van der Waals surface area (Å²) in [6.07, 6.45) is 4.93. The van der Waals surface area contributed by atoms with E-state index in [9.17, 15) is 0 Å². The van der Waals surface area contributed by atoms with Crippen LogP contribution in [-0.4, -0.2) is 21.5 Å². The van der Waals surface area contributed by atoms with E-state index >= 15 is 0 Å². The van der Waals surface area contributed by atoms with Crippen molar-refractivity contribution >= 4 is 34.2 Å². The second-order valence-electron chi connectivity index (χ2n) is 5.44. The molecule has 0 bridgehead atoms. The Balaban J connectivity index is 1.77. The van der Waals surface area contributed by atoms with E-state index in [0.29, 0.717) is 17.7 Å². The molecule has 0 amide bonds. The van der Waals surface area contributed by atoms with Gasteiger partial charge in [-0.15, -0.1) is 0 Å². The molecular weight excluding hydrogens is 350 g/mol. The molecule has 26 heavy (non-hydrogen) atoms. The summed E-state index contributed by atoms with van der Waals surface area (Å²) < 4.78 is 11.1. The van der Waals surface area contributed by atoms with Gasteiger partial charge in [0.15, 0.2) is 5.13 Å². The first-order valence-corrected chi connectivity index (χ1v) is 8.99. The SMILES string of the molecule is CCNc1nc(C)c(-c2ccnc(N(c3ccco3)c3ccco3)n2)s1. The van der Waals surface area contributed by atoms with Crippen LogP contribution in [0, 0.1) is 6.92 Å². The quantitative estimate of drug-likeness (QED) is 0.514. The van der Waals surface area contributed by atoms with Gasteiger partial charge in [0.2, 0.25) is 17.7 Å². The van der Waals surface area contributed by atoms with Crippen molar-refractivity contribution in [1.82, 2.24) is 15.0 Å². The van der Waals surface area contributed by atoms with Crippen molar-refractivity contribution in [3.05, 3.63) is 54.7 Å². The summed E-state index contributed by atoms with van der Waals surface area (Å²) in [4.78, 5) is 16.4. The standard InChI is InChI=1S/C18H17N5O2S/c1-3-19-18-21-12(2)16(26-18)13-8-9-20-17(22-13)23(14-6-4-10-24-14)15-7-5-11-25-15/h4-11H,3H2,1-2H3,(H,19,21). The summed E-state index contributed by atoms with van der Waals surface area (Å²) in [5, 5.41) is 4.13. The minimum atomic E-state index is 0.463. The molecule has 0 aromatic carbocycles. The second-order valence-corrected chi connectivity index (χ2v) is 6.44. The van der Waals surface area contributed by atoms with Crippen molar-refractivity contribution in [2.24, 2.45) is 0 Å². The number of hydrogen-bond donors (Lipinski definition) is 1. The van der Waals surface area contributed by atoms with Crippen LogP contribution in [-0.2, 0) is 0 Å². The van der Waals surface area contributed by atoms with E-state index in [1.54, 1.807) is 35.0 Å². The van der Waals surface area contributed by atoms with Crippen molar-refractivity contribution in [1.29, 1.82) is 0 Å². The highest BCUT2D eigenvalue weighted by molar-refractivity contribution is 7.19. The highest BCUT2D eigenvalue weighted by atomic mass is 32.1. The Bertz CT molecular complexity index is 945. The molecule has 0 saturated carbocycles. The van der Waals surface area contributed by atoms with Crippen molar-refractivity contribution in [2.45, 2.75) is 13.8 Å². The predicted octanol–water partition coefficient (Wildman–Crippen LogP) is 5.00. The summed E-state index contributed by atoms with van der Waals surface area (Å²) in [5.74, 6) is 1.61. The van der Waals surface area contributed by atoms with Gasteiger partial charge in [-0.3, -0.25) is 0 Å². The number of nitrogens with one attached hydrogen (secondary N) is 1. The molecule has 0 unspecified atom stereocenters. The van der Waals surface area contributed by atoms with Crippen molar-refractivity contribution in [2.75, 3.05) is 16.8 Å². The van der Waals surface area contributed by atoms with E-state index in [1.165, 1.54) is 0 Å². The second kappa shape index (κ2) is 7.01. The molecule has 0 atom stereocenters. The molecule has 4 rings (SSSR count). The average Bonchev–Trinajstić information content (AvgIpc) is 3.39. The Morgan fingerprint density at radius 1 is 1.08 bits per heavy atom. The van der Waals surface area contributed by atoms with Gasteiger partial charge in [-0.25, -0.2) is 19.9 Å². The van der Waals surface area contributed by atoms with Crippen LogP contribution in [0.2, 0.25) is 0 Å². The third-order valence-corrected chi connectivity index (χ3v) is 4.79. The smallest absolute Gasteiger partial charge is 0.240 e. The lowest BCUT2D eigenvalue weighted by Gasteiger charge is -2.17. The first kappa shape index (κ1) is 16.3. The van der Waals surface area contributed by atoms with Crippen LogP contribution < -0.4 is 10.2 Å². The van der Waals surface area contributed by atoms with Crippen LogP contribution in [0.1, 0.15) is 12.6 Å². The molecule has 0 aliphatic rings. The molecule has 0 radical (unpaired) electrons. The Hall–Kier alpha value is -3.13. The van der Waals surface area contributed by atoms with Crippen molar-refractivity contribution in [3.63, 3.8) is 0 Å². The van der Waals surface area contributed by atoms with Crippen LogP contribution >= 0.6 is 11.3 Å². The summed E-state index contributed by atoms with van der Waals surface area (Å²) in [6, 6.07) is 9.16. The van der Waals surface area contributed by atoms with E-state index in [2.05, 4.69) is 15.3 Å². The van der Waals surface area contributed by atoms with E-state index in [1.807, 2.05) is 44.2 Å². The molecule has 0 saturated heterocycles. The summed E-state index contributed by atoms with van der Waals surface area (Å²) >= 11 is 1.57. The topological polar surface area (TPSA) is 80.2 Å². The molecule has 0 aliphatic carbocycles. The van der Waals surface area contributed by atoms with E-state index in [4.69, 9.17) is 13.8 Å². The zero-order chi connectivity index (χ0) is 17.9. The van der Waals surface area contributed by atoms with Gasteiger partial charge in [-0.2, -0.15) is 0 Å². The lowest BCUT2D eigenvalue weighted by Crippen LogP contribution is -2.12. The molecule has 1 N–H and O–H groups in total. The lowest BCUT2D eigenvalue weighted by molar-refractivity contribution is 0.537. The fourth-order valence-electron chi connectivity index (χ4n) is 2.54. The van der Waals surface area contributed by atoms with Gasteiger partial charge in [0, 0.05) is 24.9 Å². The molecule has 132 valence electrons. The minimum Gasteiger partial charge on any atom is -0.448 e. The Kier molecular flexibility index (Phi) is 4.40. The Morgan fingerprint density at radius 2 is 1.81 bits per heavy atom. The first-order chi connectivity index (χ1) is 12.8. The first-order valence-electron chi connectivity index (χ1n) is 8.18. The van der Waals surface area contributed by atoms with E-state index < -0.39 is 0 Å². The van der Waals surface area contributed by atoms with E-state index in [-0.39, 0.29) is 0 Å². The van der Waals surface area contributed by atoms with Gasteiger partial charge in [0.1, 0.15) is 0 Å².